The standard InChI is InChI=1S/C8H5.K/c1-2-8-6-4-3-5-7-8;/h1,3-4,6-7H;/q-1;+1. The molecule has 9 heavy (non-hydrogen) atoms. The van der Waals surface area contributed by atoms with Gasteiger partial charge in [-0.2, -0.15) is 30.3 Å². The molecule has 0 spiro atoms. The zero-order chi connectivity index (χ0) is 5.82. The molecule has 1 aromatic carbocycles. The van der Waals surface area contributed by atoms with Crippen LogP contribution < -0.4 is 51.4 Å². The fourth-order valence-corrected chi connectivity index (χ4v) is 0.483. The van der Waals surface area contributed by atoms with E-state index in [-0.39, 0.29) is 51.4 Å². The minimum Gasteiger partial charge on any atom is -0.183 e. The van der Waals surface area contributed by atoms with E-state index in [9.17, 15) is 0 Å². The van der Waals surface area contributed by atoms with E-state index < -0.39 is 0 Å². The van der Waals surface area contributed by atoms with Crippen LogP contribution in [0.2, 0.25) is 0 Å². The van der Waals surface area contributed by atoms with Gasteiger partial charge in [-0.15, -0.1) is 12.3 Å². The van der Waals surface area contributed by atoms with Crippen LogP contribution in [0.5, 0.6) is 0 Å². The van der Waals surface area contributed by atoms with Gasteiger partial charge in [0.15, 0.2) is 0 Å². The first kappa shape index (κ1) is 9.42. The maximum Gasteiger partial charge on any atom is 1.00 e. The van der Waals surface area contributed by atoms with Gasteiger partial charge in [-0.1, -0.05) is 5.56 Å². The maximum atomic E-state index is 5.08. The zero-order valence-corrected chi connectivity index (χ0v) is 8.51. The van der Waals surface area contributed by atoms with E-state index in [1.165, 1.54) is 0 Å². The third-order valence-corrected chi connectivity index (χ3v) is 0.874. The summed E-state index contributed by atoms with van der Waals surface area (Å²) in [4.78, 5) is 0. The van der Waals surface area contributed by atoms with E-state index in [1.54, 1.807) is 6.07 Å². The Labute approximate surface area is 98.1 Å². The maximum absolute atomic E-state index is 5.08. The van der Waals surface area contributed by atoms with Crippen molar-refractivity contribution < 1.29 is 51.4 Å². The van der Waals surface area contributed by atoms with Crippen molar-refractivity contribution in [1.82, 2.24) is 0 Å². The molecule has 0 aliphatic heterocycles. The molecule has 38 valence electrons. The van der Waals surface area contributed by atoms with Crippen LogP contribution in [0.4, 0.5) is 0 Å². The Morgan fingerprint density at radius 1 is 1.56 bits per heavy atom. The summed E-state index contributed by atoms with van der Waals surface area (Å²) in [6, 6.07) is 10.2. The molecular weight excluding hydrogens is 135 g/mol. The van der Waals surface area contributed by atoms with E-state index in [1.807, 2.05) is 18.2 Å². The van der Waals surface area contributed by atoms with E-state index >= 15 is 0 Å². The van der Waals surface area contributed by atoms with Gasteiger partial charge in [0, 0.05) is 0 Å². The first-order valence-corrected chi connectivity index (χ1v) is 2.36. The summed E-state index contributed by atoms with van der Waals surface area (Å²) in [5.74, 6) is 2.50. The molecule has 0 amide bonds. The Morgan fingerprint density at radius 3 is 2.67 bits per heavy atom. The van der Waals surface area contributed by atoms with Crippen LogP contribution in [0.3, 0.4) is 0 Å². The molecule has 0 radical (unpaired) electrons. The molecule has 0 N–H and O–H groups in total. The second-order valence-corrected chi connectivity index (χ2v) is 1.44. The van der Waals surface area contributed by atoms with Crippen molar-refractivity contribution in [3.8, 4) is 12.3 Å². The Bertz CT molecular complexity index is 196. The normalized spacial score (nSPS) is 7.00. The van der Waals surface area contributed by atoms with Gasteiger partial charge in [0.2, 0.25) is 0 Å². The predicted octanol–water partition coefficient (Wildman–Crippen LogP) is -1.53. The van der Waals surface area contributed by atoms with E-state index in [2.05, 4.69) is 12.0 Å². The Morgan fingerprint density at radius 2 is 2.33 bits per heavy atom. The molecule has 0 saturated heterocycles. The number of terminal acetylenes is 1. The molecule has 0 unspecified atom stereocenters. The second kappa shape index (κ2) is 5.22. The summed E-state index contributed by atoms with van der Waals surface area (Å²) in [7, 11) is 0. The van der Waals surface area contributed by atoms with Crippen molar-refractivity contribution in [2.75, 3.05) is 0 Å². The van der Waals surface area contributed by atoms with Crippen molar-refractivity contribution in [2.45, 2.75) is 0 Å². The van der Waals surface area contributed by atoms with Crippen LogP contribution in [0.1, 0.15) is 5.56 Å². The summed E-state index contributed by atoms with van der Waals surface area (Å²) in [6.07, 6.45) is 5.08. The van der Waals surface area contributed by atoms with Gasteiger partial charge in [0.25, 0.3) is 0 Å². The molecule has 0 aliphatic rings. The minimum absolute atomic E-state index is 0. The fraction of sp³-hybridized carbons (Fsp3) is 0. The van der Waals surface area contributed by atoms with Crippen molar-refractivity contribution in [2.24, 2.45) is 0 Å². The number of rotatable bonds is 0. The number of hydrogen-bond acceptors (Lipinski definition) is 0. The predicted molar refractivity (Wildman–Crippen MR) is 33.2 cm³/mol. The van der Waals surface area contributed by atoms with Crippen LogP contribution >= 0.6 is 0 Å². The number of benzene rings is 1. The molecule has 0 heterocycles. The summed E-state index contributed by atoms with van der Waals surface area (Å²) >= 11 is 0. The molecule has 1 aromatic rings. The molecule has 0 nitrogen and oxygen atoms in total. The van der Waals surface area contributed by atoms with Crippen LogP contribution in [0.25, 0.3) is 0 Å². The topological polar surface area (TPSA) is 0 Å². The third-order valence-electron chi connectivity index (χ3n) is 0.874. The number of hydrogen-bond donors (Lipinski definition) is 0. The van der Waals surface area contributed by atoms with Crippen molar-refractivity contribution >= 4 is 0 Å². The first-order chi connectivity index (χ1) is 3.93. The summed E-state index contributed by atoms with van der Waals surface area (Å²) < 4.78 is 0. The van der Waals surface area contributed by atoms with Crippen LogP contribution in [0, 0.1) is 18.4 Å². The Balaban J connectivity index is 0.000000640. The van der Waals surface area contributed by atoms with Crippen molar-refractivity contribution in [3.63, 3.8) is 0 Å². The van der Waals surface area contributed by atoms with Gasteiger partial charge < -0.3 is 0 Å². The second-order valence-electron chi connectivity index (χ2n) is 1.44. The van der Waals surface area contributed by atoms with Gasteiger partial charge in [-0.3, -0.25) is 0 Å². The molecule has 0 atom stereocenters. The smallest absolute Gasteiger partial charge is 0.183 e. The molecule has 0 saturated carbocycles. The van der Waals surface area contributed by atoms with Crippen molar-refractivity contribution in [1.29, 1.82) is 0 Å². The monoisotopic (exact) mass is 140 g/mol. The Kier molecular flexibility index (Phi) is 5.46. The van der Waals surface area contributed by atoms with Crippen LogP contribution in [0.15, 0.2) is 24.3 Å². The molecule has 1 rings (SSSR count). The summed E-state index contributed by atoms with van der Waals surface area (Å²) in [5, 5.41) is 0. The molecule has 0 bridgehead atoms. The fourth-order valence-electron chi connectivity index (χ4n) is 0.483. The van der Waals surface area contributed by atoms with Gasteiger partial charge in [-0.05, 0) is 0 Å². The summed E-state index contributed by atoms with van der Waals surface area (Å²) in [5.41, 5.74) is 0.882. The quantitative estimate of drug-likeness (QED) is 0.233. The molecule has 0 fully saturated rings. The van der Waals surface area contributed by atoms with E-state index in [0.717, 1.165) is 5.56 Å². The zero-order valence-electron chi connectivity index (χ0n) is 5.39. The summed E-state index contributed by atoms with van der Waals surface area (Å²) in [6.45, 7) is 0. The molecule has 1 heteroatoms. The minimum atomic E-state index is 0. The van der Waals surface area contributed by atoms with Gasteiger partial charge in [-0.25, -0.2) is 0 Å². The van der Waals surface area contributed by atoms with E-state index in [0.29, 0.717) is 0 Å². The largest absolute Gasteiger partial charge is 1.00 e. The SMILES string of the molecule is C#Cc1c[c-]ccc1.[K+]. The van der Waals surface area contributed by atoms with E-state index in [4.69, 9.17) is 6.42 Å². The molecule has 0 aliphatic carbocycles. The van der Waals surface area contributed by atoms with Crippen LogP contribution in [-0.4, -0.2) is 0 Å². The molecular formula is C8H5K. The van der Waals surface area contributed by atoms with Gasteiger partial charge in [0.1, 0.15) is 0 Å². The molecule has 0 aromatic heterocycles. The van der Waals surface area contributed by atoms with Crippen molar-refractivity contribution in [3.05, 3.63) is 35.9 Å². The first-order valence-electron chi connectivity index (χ1n) is 2.36. The average molecular weight is 140 g/mol. The van der Waals surface area contributed by atoms with Gasteiger partial charge >= 0.3 is 51.4 Å². The third kappa shape index (κ3) is 3.19. The Hall–Kier alpha value is 0.416. The van der Waals surface area contributed by atoms with Gasteiger partial charge in [0.05, 0.1) is 0 Å². The average Bonchev–Trinajstić information content (AvgIpc) is 1.90. The van der Waals surface area contributed by atoms with Crippen LogP contribution in [-0.2, 0) is 0 Å².